The second-order valence-electron chi connectivity index (χ2n) is 3.42. The monoisotopic (exact) mass is 248 g/mol. The van der Waals surface area contributed by atoms with E-state index in [1.807, 2.05) is 0 Å². The fourth-order valence-corrected chi connectivity index (χ4v) is 1.40. The Bertz CT molecular complexity index is 419. The van der Waals surface area contributed by atoms with Crippen molar-refractivity contribution in [3.05, 3.63) is 11.1 Å². The second kappa shape index (κ2) is 8.90. The molecule has 96 valence electrons. The van der Waals surface area contributed by atoms with E-state index in [1.165, 1.54) is 0 Å². The van der Waals surface area contributed by atoms with Gasteiger partial charge in [0.15, 0.2) is 0 Å². The van der Waals surface area contributed by atoms with Crippen LogP contribution in [0.15, 0.2) is 11.1 Å². The van der Waals surface area contributed by atoms with E-state index in [0.29, 0.717) is 12.8 Å². The Kier molecular flexibility index (Phi) is 7.81. The van der Waals surface area contributed by atoms with Crippen LogP contribution in [0, 0.1) is 23.7 Å². The van der Waals surface area contributed by atoms with Crippen LogP contribution in [0.2, 0.25) is 0 Å². The number of carbonyl (C=O) groups is 2. The van der Waals surface area contributed by atoms with Gasteiger partial charge in [0.05, 0.1) is 0 Å². The number of aliphatic carboxylic acids is 2. The van der Waals surface area contributed by atoms with Crippen molar-refractivity contribution in [3.63, 3.8) is 0 Å². The van der Waals surface area contributed by atoms with Gasteiger partial charge in [-0.05, 0) is 26.7 Å². The summed E-state index contributed by atoms with van der Waals surface area (Å²) in [5.41, 5.74) is -0.161. The van der Waals surface area contributed by atoms with Gasteiger partial charge in [0.2, 0.25) is 0 Å². The highest BCUT2D eigenvalue weighted by Crippen LogP contribution is 2.17. The largest absolute Gasteiger partial charge is 0.478 e. The topological polar surface area (TPSA) is 74.6 Å². The first-order valence-electron chi connectivity index (χ1n) is 5.52. The van der Waals surface area contributed by atoms with Crippen LogP contribution < -0.4 is 0 Å². The van der Waals surface area contributed by atoms with Crippen molar-refractivity contribution in [1.82, 2.24) is 0 Å². The molecule has 0 rings (SSSR count). The fraction of sp³-hybridized carbons (Fsp3) is 0.429. The molecule has 0 radical (unpaired) electrons. The summed E-state index contributed by atoms with van der Waals surface area (Å²) in [5.74, 6) is 8.35. The summed E-state index contributed by atoms with van der Waals surface area (Å²) in [5, 5.41) is 18.1. The van der Waals surface area contributed by atoms with Crippen molar-refractivity contribution in [2.45, 2.75) is 39.5 Å². The smallest absolute Gasteiger partial charge is 0.332 e. The SMILES string of the molecule is CC#CCC/C(C(=O)O)=C(\CCC#CC)C(=O)O. The summed E-state index contributed by atoms with van der Waals surface area (Å²) in [4.78, 5) is 22.1. The minimum Gasteiger partial charge on any atom is -0.478 e. The van der Waals surface area contributed by atoms with Crippen LogP contribution in [0.5, 0.6) is 0 Å². The highest BCUT2D eigenvalue weighted by molar-refractivity contribution is 5.98. The number of rotatable bonds is 6. The molecule has 0 amide bonds. The first-order valence-corrected chi connectivity index (χ1v) is 5.52. The first-order chi connectivity index (χ1) is 8.54. The number of carboxylic acid groups (broad SMARTS) is 2. The summed E-state index contributed by atoms with van der Waals surface area (Å²) >= 11 is 0. The summed E-state index contributed by atoms with van der Waals surface area (Å²) in [6.45, 7) is 3.30. The molecule has 0 aromatic heterocycles. The van der Waals surface area contributed by atoms with Crippen LogP contribution in [-0.2, 0) is 9.59 Å². The summed E-state index contributed by atoms with van der Waals surface area (Å²) in [7, 11) is 0. The van der Waals surface area contributed by atoms with E-state index in [2.05, 4.69) is 23.7 Å². The van der Waals surface area contributed by atoms with Crippen LogP contribution >= 0.6 is 0 Å². The molecule has 0 heterocycles. The molecular weight excluding hydrogens is 232 g/mol. The molecule has 0 spiro atoms. The lowest BCUT2D eigenvalue weighted by atomic mass is 9.99. The van der Waals surface area contributed by atoms with Crippen molar-refractivity contribution < 1.29 is 19.8 Å². The Morgan fingerprint density at radius 1 is 0.833 bits per heavy atom. The van der Waals surface area contributed by atoms with Gasteiger partial charge >= 0.3 is 11.9 Å². The second-order valence-corrected chi connectivity index (χ2v) is 3.42. The van der Waals surface area contributed by atoms with Gasteiger partial charge in [-0.3, -0.25) is 0 Å². The summed E-state index contributed by atoms with van der Waals surface area (Å²) in [6.07, 6.45) is 0.956. The van der Waals surface area contributed by atoms with E-state index >= 15 is 0 Å². The zero-order valence-corrected chi connectivity index (χ0v) is 10.5. The molecule has 0 fully saturated rings. The molecule has 0 saturated heterocycles. The van der Waals surface area contributed by atoms with Crippen molar-refractivity contribution in [3.8, 4) is 23.7 Å². The molecule has 0 saturated carbocycles. The van der Waals surface area contributed by atoms with E-state index in [1.54, 1.807) is 13.8 Å². The van der Waals surface area contributed by atoms with Gasteiger partial charge in [-0.1, -0.05) is 0 Å². The fourth-order valence-electron chi connectivity index (χ4n) is 1.40. The zero-order valence-electron chi connectivity index (χ0n) is 10.5. The Hall–Kier alpha value is -2.20. The molecule has 0 atom stereocenters. The van der Waals surface area contributed by atoms with Crippen LogP contribution in [0.4, 0.5) is 0 Å². The van der Waals surface area contributed by atoms with Crippen LogP contribution in [0.1, 0.15) is 39.5 Å². The molecule has 0 bridgehead atoms. The lowest BCUT2D eigenvalue weighted by molar-refractivity contribution is -0.136. The van der Waals surface area contributed by atoms with Gasteiger partial charge in [0.1, 0.15) is 0 Å². The van der Waals surface area contributed by atoms with Crippen LogP contribution in [-0.4, -0.2) is 22.2 Å². The summed E-state index contributed by atoms with van der Waals surface area (Å²) in [6, 6.07) is 0. The molecule has 0 aromatic carbocycles. The number of hydrogen-bond acceptors (Lipinski definition) is 2. The Labute approximate surface area is 107 Å². The highest BCUT2D eigenvalue weighted by atomic mass is 16.4. The maximum atomic E-state index is 11.1. The Balaban J connectivity index is 5.11. The Morgan fingerprint density at radius 3 is 1.39 bits per heavy atom. The third kappa shape index (κ3) is 5.77. The van der Waals surface area contributed by atoms with Gasteiger partial charge < -0.3 is 10.2 Å². The minimum atomic E-state index is -1.20. The molecule has 2 N–H and O–H groups in total. The zero-order chi connectivity index (χ0) is 14.0. The predicted molar refractivity (Wildman–Crippen MR) is 67.7 cm³/mol. The van der Waals surface area contributed by atoms with Crippen molar-refractivity contribution in [2.24, 2.45) is 0 Å². The lowest BCUT2D eigenvalue weighted by Gasteiger charge is -2.06. The molecule has 18 heavy (non-hydrogen) atoms. The van der Waals surface area contributed by atoms with Crippen molar-refractivity contribution >= 4 is 11.9 Å². The average molecular weight is 248 g/mol. The highest BCUT2D eigenvalue weighted by Gasteiger charge is 2.18. The first kappa shape index (κ1) is 15.8. The van der Waals surface area contributed by atoms with Crippen LogP contribution in [0.3, 0.4) is 0 Å². The van der Waals surface area contributed by atoms with E-state index in [0.717, 1.165) is 0 Å². The molecule has 0 unspecified atom stereocenters. The minimum absolute atomic E-state index is 0.0804. The molecule has 0 aliphatic carbocycles. The normalized spacial score (nSPS) is 10.3. The molecule has 0 aliphatic rings. The van der Waals surface area contributed by atoms with Gasteiger partial charge in [-0.25, -0.2) is 9.59 Å². The van der Waals surface area contributed by atoms with E-state index in [4.69, 9.17) is 10.2 Å². The maximum Gasteiger partial charge on any atom is 0.332 e. The Morgan fingerprint density at radius 2 is 1.17 bits per heavy atom. The molecule has 4 heteroatoms. The molecule has 0 aromatic rings. The molecular formula is C14H16O4. The number of hydrogen-bond donors (Lipinski definition) is 2. The van der Waals surface area contributed by atoms with E-state index in [-0.39, 0.29) is 24.0 Å². The maximum absolute atomic E-state index is 11.1. The lowest BCUT2D eigenvalue weighted by Crippen LogP contribution is -2.11. The van der Waals surface area contributed by atoms with E-state index in [9.17, 15) is 9.59 Å². The predicted octanol–water partition coefficient (Wildman–Crippen LogP) is 2.06. The van der Waals surface area contributed by atoms with Crippen molar-refractivity contribution in [1.29, 1.82) is 0 Å². The van der Waals surface area contributed by atoms with Gasteiger partial charge in [0.25, 0.3) is 0 Å². The van der Waals surface area contributed by atoms with Gasteiger partial charge in [-0.15, -0.1) is 23.7 Å². The average Bonchev–Trinajstić information content (AvgIpc) is 2.31. The standard InChI is InChI=1S/C14H16O4/c1-3-5-7-9-11(13(15)16)12(14(17)18)10-8-6-4-2/h7-10H2,1-2H3,(H,15,16)(H,17,18)/b12-11-. The van der Waals surface area contributed by atoms with Gasteiger partial charge in [0, 0.05) is 24.0 Å². The van der Waals surface area contributed by atoms with Gasteiger partial charge in [-0.2, -0.15) is 0 Å². The summed E-state index contributed by atoms with van der Waals surface area (Å²) < 4.78 is 0. The van der Waals surface area contributed by atoms with Crippen molar-refractivity contribution in [2.75, 3.05) is 0 Å². The van der Waals surface area contributed by atoms with Crippen LogP contribution in [0.25, 0.3) is 0 Å². The quantitative estimate of drug-likeness (QED) is 0.557. The molecule has 0 aliphatic heterocycles. The third-order valence-electron chi connectivity index (χ3n) is 2.23. The third-order valence-corrected chi connectivity index (χ3v) is 2.23. The van der Waals surface area contributed by atoms with E-state index < -0.39 is 11.9 Å². The molecule has 4 nitrogen and oxygen atoms in total. The number of carboxylic acids is 2.